The van der Waals surface area contributed by atoms with Crippen molar-refractivity contribution in [2.75, 3.05) is 10.7 Å². The van der Waals surface area contributed by atoms with Crippen molar-refractivity contribution in [3.8, 4) is 0 Å². The van der Waals surface area contributed by atoms with Gasteiger partial charge in [-0.05, 0) is 54.1 Å². The van der Waals surface area contributed by atoms with E-state index in [-0.39, 0.29) is 16.4 Å². The maximum absolute atomic E-state index is 12.9. The molecule has 176 valence electrons. The fraction of sp³-hybridized carbons (Fsp3) is 0.136. The first-order valence-corrected chi connectivity index (χ1v) is 12.0. The molecule has 2 amide bonds. The van der Waals surface area contributed by atoms with Gasteiger partial charge in [0.2, 0.25) is 5.91 Å². The number of hydrazine groups is 1. The molecule has 1 heterocycles. The summed E-state index contributed by atoms with van der Waals surface area (Å²) in [5, 5.41) is 4.04. The van der Waals surface area contributed by atoms with Crippen LogP contribution in [0.15, 0.2) is 54.7 Å². The first-order chi connectivity index (χ1) is 16.1. The zero-order valence-electron chi connectivity index (χ0n) is 16.9. The van der Waals surface area contributed by atoms with Gasteiger partial charge in [-0.25, -0.2) is 4.98 Å². The monoisotopic (exact) mass is 576 g/mol. The molecule has 0 spiro atoms. The number of rotatable bonds is 6. The lowest BCUT2D eigenvalue weighted by molar-refractivity contribution is -0.117. The second kappa shape index (κ2) is 9.97. The number of amides is 2. The number of alkyl halides is 2. The van der Waals surface area contributed by atoms with Crippen LogP contribution in [0.3, 0.4) is 0 Å². The van der Waals surface area contributed by atoms with E-state index in [2.05, 4.69) is 21.2 Å². The van der Waals surface area contributed by atoms with Crippen molar-refractivity contribution < 1.29 is 9.59 Å². The minimum atomic E-state index is -1.34. The van der Waals surface area contributed by atoms with E-state index >= 15 is 0 Å². The number of anilines is 2. The molecule has 3 N–H and O–H groups in total. The fourth-order valence-electron chi connectivity index (χ4n) is 3.48. The zero-order valence-corrected chi connectivity index (χ0v) is 21.4. The van der Waals surface area contributed by atoms with Gasteiger partial charge in [-0.2, -0.15) is 0 Å². The maximum atomic E-state index is 12.9. The summed E-state index contributed by atoms with van der Waals surface area (Å²) in [4.78, 5) is 29.6. The Labute approximate surface area is 224 Å². The topological polar surface area (TPSA) is 83.1 Å². The Kier molecular flexibility index (Phi) is 7.38. The van der Waals surface area contributed by atoms with Gasteiger partial charge >= 0.3 is 0 Å². The lowest BCUT2D eigenvalue weighted by Crippen LogP contribution is -2.30. The van der Waals surface area contributed by atoms with E-state index in [1.807, 2.05) is 0 Å². The molecule has 0 bridgehead atoms. The van der Waals surface area contributed by atoms with E-state index in [4.69, 9.17) is 69.6 Å². The normalized spacial score (nSPS) is 18.2. The van der Waals surface area contributed by atoms with E-state index in [0.717, 1.165) is 0 Å². The number of halogens is 6. The van der Waals surface area contributed by atoms with Gasteiger partial charge in [0.25, 0.3) is 5.91 Å². The Balaban J connectivity index is 1.47. The summed E-state index contributed by atoms with van der Waals surface area (Å²) in [5.74, 6) is -2.00. The molecule has 0 saturated heterocycles. The van der Waals surface area contributed by atoms with Gasteiger partial charge in [0.15, 0.2) is 5.82 Å². The predicted octanol–water partition coefficient (Wildman–Crippen LogP) is 6.98. The van der Waals surface area contributed by atoms with Crippen LogP contribution in [-0.4, -0.2) is 21.1 Å². The molecule has 2 atom stereocenters. The van der Waals surface area contributed by atoms with E-state index < -0.39 is 28.0 Å². The quantitative estimate of drug-likeness (QED) is 0.218. The summed E-state index contributed by atoms with van der Waals surface area (Å²) >= 11 is 37.1. The average molecular weight is 579 g/mol. The van der Waals surface area contributed by atoms with Gasteiger partial charge in [0.1, 0.15) is 4.33 Å². The van der Waals surface area contributed by atoms with Crippen LogP contribution in [0.5, 0.6) is 0 Å². The molecule has 1 saturated carbocycles. The average Bonchev–Trinajstić information content (AvgIpc) is 3.35. The molecule has 2 unspecified atom stereocenters. The number of nitrogens with one attached hydrogen (secondary N) is 3. The fourth-order valence-corrected chi connectivity index (χ4v) is 5.22. The Morgan fingerprint density at radius 2 is 1.62 bits per heavy atom. The van der Waals surface area contributed by atoms with Crippen LogP contribution in [0.1, 0.15) is 21.8 Å². The molecule has 6 nitrogen and oxygen atoms in total. The number of carbonyl (C=O) groups excluding carboxylic acids is 2. The Morgan fingerprint density at radius 3 is 2.29 bits per heavy atom. The number of carbonyl (C=O) groups is 2. The number of hydrogen-bond donors (Lipinski definition) is 3. The molecule has 1 aliphatic carbocycles. The highest BCUT2D eigenvalue weighted by atomic mass is 35.5. The van der Waals surface area contributed by atoms with Crippen LogP contribution in [0.2, 0.25) is 20.1 Å². The van der Waals surface area contributed by atoms with Crippen molar-refractivity contribution in [1.29, 1.82) is 0 Å². The van der Waals surface area contributed by atoms with Crippen LogP contribution in [0.25, 0.3) is 0 Å². The molecule has 12 heteroatoms. The Morgan fingerprint density at radius 1 is 0.912 bits per heavy atom. The highest BCUT2D eigenvalue weighted by Gasteiger charge is 2.67. The van der Waals surface area contributed by atoms with Gasteiger partial charge in [-0.1, -0.05) is 46.4 Å². The van der Waals surface area contributed by atoms with E-state index in [1.54, 1.807) is 36.4 Å². The molecule has 2 aromatic carbocycles. The van der Waals surface area contributed by atoms with Crippen molar-refractivity contribution in [2.24, 2.45) is 5.92 Å². The summed E-state index contributed by atoms with van der Waals surface area (Å²) in [5.41, 5.74) is 6.18. The molecule has 0 radical (unpaired) electrons. The van der Waals surface area contributed by atoms with Gasteiger partial charge in [-0.3, -0.25) is 20.4 Å². The van der Waals surface area contributed by atoms with E-state index in [0.29, 0.717) is 26.3 Å². The molecule has 1 aromatic heterocycles. The molecule has 4 rings (SSSR count). The van der Waals surface area contributed by atoms with Crippen molar-refractivity contribution >= 4 is 92.9 Å². The third-order valence-corrected chi connectivity index (χ3v) is 7.12. The zero-order chi connectivity index (χ0) is 24.6. The molecular weight excluding hydrogens is 565 g/mol. The summed E-state index contributed by atoms with van der Waals surface area (Å²) in [6, 6.07) is 12.6. The van der Waals surface area contributed by atoms with E-state index in [1.165, 1.54) is 18.3 Å². The number of aromatic nitrogens is 1. The van der Waals surface area contributed by atoms with Gasteiger partial charge in [0.05, 0.1) is 21.5 Å². The second-order valence-electron chi connectivity index (χ2n) is 7.43. The lowest BCUT2D eigenvalue weighted by Gasteiger charge is -2.12. The summed E-state index contributed by atoms with van der Waals surface area (Å²) < 4.78 is -1.34. The minimum Gasteiger partial charge on any atom is -0.326 e. The van der Waals surface area contributed by atoms with Crippen LogP contribution in [0, 0.1) is 5.92 Å². The minimum absolute atomic E-state index is 0.107. The maximum Gasteiger partial charge on any atom is 0.271 e. The second-order valence-corrected chi connectivity index (χ2v) is 10.6. The molecule has 1 fully saturated rings. The first kappa shape index (κ1) is 25.2. The molecular formula is C22H14Cl6N4O2. The largest absolute Gasteiger partial charge is 0.326 e. The van der Waals surface area contributed by atoms with Crippen molar-refractivity contribution in [3.05, 3.63) is 85.9 Å². The number of hydrogen-bond acceptors (Lipinski definition) is 4. The standard InChI is InChI=1S/C22H14Cl6N4O2/c23-11-6-10(7-12(24)8-11)17-18(22(17,27)28)21(34)30-13-3-4-15(25)14(9-13)20(33)32-31-19-16(26)2-1-5-29-19/h1-9,17-18H,(H,29,31)(H,30,34)(H,32,33). The molecule has 0 aliphatic heterocycles. The van der Waals surface area contributed by atoms with Crippen LogP contribution >= 0.6 is 69.6 Å². The molecule has 3 aromatic rings. The van der Waals surface area contributed by atoms with Gasteiger partial charge in [0, 0.05) is 27.8 Å². The van der Waals surface area contributed by atoms with Crippen LogP contribution in [0.4, 0.5) is 11.5 Å². The van der Waals surface area contributed by atoms with Crippen LogP contribution < -0.4 is 16.2 Å². The summed E-state index contributed by atoms with van der Waals surface area (Å²) in [6.07, 6.45) is 1.51. The van der Waals surface area contributed by atoms with Crippen molar-refractivity contribution in [1.82, 2.24) is 10.4 Å². The predicted molar refractivity (Wildman–Crippen MR) is 138 cm³/mol. The Bertz CT molecular complexity index is 1270. The molecule has 1 aliphatic rings. The third-order valence-electron chi connectivity index (χ3n) is 5.11. The highest BCUT2D eigenvalue weighted by Crippen LogP contribution is 2.65. The number of pyridine rings is 1. The Hall–Kier alpha value is -1.93. The number of benzene rings is 2. The summed E-state index contributed by atoms with van der Waals surface area (Å²) in [6.45, 7) is 0. The summed E-state index contributed by atoms with van der Waals surface area (Å²) in [7, 11) is 0. The first-order valence-electron chi connectivity index (χ1n) is 9.69. The highest BCUT2D eigenvalue weighted by molar-refractivity contribution is 6.53. The number of nitrogens with zero attached hydrogens (tertiary/aromatic N) is 1. The van der Waals surface area contributed by atoms with Gasteiger partial charge < -0.3 is 5.32 Å². The smallest absolute Gasteiger partial charge is 0.271 e. The molecule has 34 heavy (non-hydrogen) atoms. The van der Waals surface area contributed by atoms with Crippen molar-refractivity contribution in [2.45, 2.75) is 10.3 Å². The van der Waals surface area contributed by atoms with Gasteiger partial charge in [-0.15, -0.1) is 23.2 Å². The lowest BCUT2D eigenvalue weighted by atomic mass is 10.1. The van der Waals surface area contributed by atoms with Crippen LogP contribution in [-0.2, 0) is 4.79 Å². The third kappa shape index (κ3) is 5.33. The van der Waals surface area contributed by atoms with Crippen molar-refractivity contribution in [3.63, 3.8) is 0 Å². The van der Waals surface area contributed by atoms with E-state index in [9.17, 15) is 9.59 Å². The SMILES string of the molecule is O=C(NNc1ncccc1Cl)c1cc(NC(=O)C2C(c3cc(Cl)cc(Cl)c3)C2(Cl)Cl)ccc1Cl.